The molecule has 1 amide bonds. The third-order valence-electron chi connectivity index (χ3n) is 3.05. The molecule has 16 heavy (non-hydrogen) atoms. The highest BCUT2D eigenvalue weighted by Gasteiger charge is 2.46. The number of nitrogens with zero attached hydrogens (tertiary/aromatic N) is 1. The molecule has 0 radical (unpaired) electrons. The van der Waals surface area contributed by atoms with Crippen LogP contribution in [0.15, 0.2) is 0 Å². The molecule has 1 heterocycles. The van der Waals surface area contributed by atoms with Gasteiger partial charge in [-0.25, -0.2) is 9.59 Å². The molecule has 5 heteroatoms. The first-order chi connectivity index (χ1) is 7.52. The number of amides is 1. The summed E-state index contributed by atoms with van der Waals surface area (Å²) in [4.78, 5) is 24.1. The molecule has 1 N–H and O–H groups in total. The summed E-state index contributed by atoms with van der Waals surface area (Å²) in [5.41, 5.74) is -1.09. The number of carboxylic acid groups (broad SMARTS) is 1. The predicted molar refractivity (Wildman–Crippen MR) is 58.2 cm³/mol. The summed E-state index contributed by atoms with van der Waals surface area (Å²) in [6.45, 7) is 4.41. The van der Waals surface area contributed by atoms with Crippen molar-refractivity contribution >= 4 is 12.1 Å². The van der Waals surface area contributed by atoms with Crippen LogP contribution in [0.1, 0.15) is 39.5 Å². The van der Waals surface area contributed by atoms with E-state index in [9.17, 15) is 9.59 Å². The summed E-state index contributed by atoms with van der Waals surface area (Å²) in [5, 5.41) is 9.11. The SMILES string of the molecule is CCCCOC(=O)N1CCC[C@@]1(C)C(=O)O. The Morgan fingerprint density at radius 2 is 2.19 bits per heavy atom. The lowest BCUT2D eigenvalue weighted by Gasteiger charge is -2.30. The minimum atomic E-state index is -1.09. The first kappa shape index (κ1) is 12.8. The van der Waals surface area contributed by atoms with Gasteiger partial charge in [0.15, 0.2) is 0 Å². The molecular formula is C11H19NO4. The molecular weight excluding hydrogens is 210 g/mol. The lowest BCUT2D eigenvalue weighted by molar-refractivity contribution is -0.147. The number of hydrogen-bond acceptors (Lipinski definition) is 3. The van der Waals surface area contributed by atoms with Crippen molar-refractivity contribution in [2.24, 2.45) is 0 Å². The van der Waals surface area contributed by atoms with Gasteiger partial charge in [-0.1, -0.05) is 13.3 Å². The molecule has 0 aromatic rings. The van der Waals surface area contributed by atoms with Gasteiger partial charge >= 0.3 is 12.1 Å². The van der Waals surface area contributed by atoms with E-state index < -0.39 is 17.6 Å². The number of carboxylic acids is 1. The quantitative estimate of drug-likeness (QED) is 0.747. The van der Waals surface area contributed by atoms with Gasteiger partial charge < -0.3 is 9.84 Å². The van der Waals surface area contributed by atoms with Gasteiger partial charge in [-0.3, -0.25) is 4.90 Å². The van der Waals surface area contributed by atoms with E-state index in [2.05, 4.69) is 0 Å². The monoisotopic (exact) mass is 229 g/mol. The molecule has 92 valence electrons. The molecule has 0 aromatic heterocycles. The number of carbonyl (C=O) groups excluding carboxylic acids is 1. The fraction of sp³-hybridized carbons (Fsp3) is 0.818. The Morgan fingerprint density at radius 3 is 2.75 bits per heavy atom. The van der Waals surface area contributed by atoms with E-state index in [1.165, 1.54) is 4.90 Å². The van der Waals surface area contributed by atoms with Crippen LogP contribution in [0, 0.1) is 0 Å². The van der Waals surface area contributed by atoms with E-state index in [1.54, 1.807) is 6.92 Å². The fourth-order valence-corrected chi connectivity index (χ4v) is 1.86. The van der Waals surface area contributed by atoms with Gasteiger partial charge in [0.1, 0.15) is 5.54 Å². The smallest absolute Gasteiger partial charge is 0.410 e. The van der Waals surface area contributed by atoms with Crippen molar-refractivity contribution in [2.45, 2.75) is 45.1 Å². The largest absolute Gasteiger partial charge is 0.480 e. The maximum Gasteiger partial charge on any atom is 0.410 e. The molecule has 0 spiro atoms. The van der Waals surface area contributed by atoms with Gasteiger partial charge in [0, 0.05) is 6.54 Å². The number of hydrogen-bond donors (Lipinski definition) is 1. The lowest BCUT2D eigenvalue weighted by Crippen LogP contribution is -2.51. The van der Waals surface area contributed by atoms with E-state index in [1.807, 2.05) is 6.92 Å². The highest BCUT2D eigenvalue weighted by molar-refractivity contribution is 5.84. The Hall–Kier alpha value is -1.26. The lowest BCUT2D eigenvalue weighted by atomic mass is 10.00. The van der Waals surface area contributed by atoms with Crippen molar-refractivity contribution in [3.8, 4) is 0 Å². The normalized spacial score (nSPS) is 24.5. The maximum absolute atomic E-state index is 11.7. The first-order valence-corrected chi connectivity index (χ1v) is 5.70. The van der Waals surface area contributed by atoms with E-state index in [-0.39, 0.29) is 0 Å². The second kappa shape index (κ2) is 5.18. The predicted octanol–water partition coefficient (Wildman–Crippen LogP) is 1.86. The Balaban J connectivity index is 2.58. The van der Waals surface area contributed by atoms with Crippen LogP contribution >= 0.6 is 0 Å². The summed E-state index contributed by atoms with van der Waals surface area (Å²) in [7, 11) is 0. The number of carbonyl (C=O) groups is 2. The van der Waals surface area contributed by atoms with Crippen molar-refractivity contribution in [3.63, 3.8) is 0 Å². The van der Waals surface area contributed by atoms with Crippen LogP contribution in [0.25, 0.3) is 0 Å². The van der Waals surface area contributed by atoms with Crippen LogP contribution in [0.5, 0.6) is 0 Å². The molecule has 1 rings (SSSR count). The molecule has 1 aliphatic rings. The first-order valence-electron chi connectivity index (χ1n) is 5.70. The zero-order valence-corrected chi connectivity index (χ0v) is 9.86. The topological polar surface area (TPSA) is 66.8 Å². The Labute approximate surface area is 95.4 Å². The maximum atomic E-state index is 11.7. The van der Waals surface area contributed by atoms with Gasteiger partial charge in [0.05, 0.1) is 6.61 Å². The number of likely N-dealkylation sites (tertiary alicyclic amines) is 1. The molecule has 5 nitrogen and oxygen atoms in total. The van der Waals surface area contributed by atoms with Crippen molar-refractivity contribution in [1.82, 2.24) is 4.90 Å². The summed E-state index contributed by atoms with van der Waals surface area (Å²) in [5.74, 6) is -0.961. The van der Waals surface area contributed by atoms with Crippen molar-refractivity contribution in [2.75, 3.05) is 13.2 Å². The van der Waals surface area contributed by atoms with Crippen LogP contribution in [0.4, 0.5) is 4.79 Å². The van der Waals surface area contributed by atoms with Gasteiger partial charge in [-0.2, -0.15) is 0 Å². The third kappa shape index (κ3) is 2.46. The van der Waals surface area contributed by atoms with E-state index in [0.717, 1.165) is 12.8 Å². The van der Waals surface area contributed by atoms with Crippen molar-refractivity contribution in [3.05, 3.63) is 0 Å². The summed E-state index contributed by atoms with van der Waals surface area (Å²) >= 11 is 0. The van der Waals surface area contributed by atoms with E-state index >= 15 is 0 Å². The average Bonchev–Trinajstić information content (AvgIpc) is 2.62. The number of unbranched alkanes of at least 4 members (excludes halogenated alkanes) is 1. The number of aliphatic carboxylic acids is 1. The Bertz CT molecular complexity index is 279. The second-order valence-electron chi connectivity index (χ2n) is 4.30. The molecule has 0 unspecified atom stereocenters. The molecule has 1 fully saturated rings. The third-order valence-corrected chi connectivity index (χ3v) is 3.05. The molecule has 0 saturated carbocycles. The van der Waals surface area contributed by atoms with Gasteiger partial charge in [-0.15, -0.1) is 0 Å². The minimum absolute atomic E-state index is 0.363. The molecule has 1 aliphatic heterocycles. The number of rotatable bonds is 4. The number of ether oxygens (including phenoxy) is 1. The van der Waals surface area contributed by atoms with Gasteiger partial charge in [0.25, 0.3) is 0 Å². The summed E-state index contributed by atoms with van der Waals surface area (Å²) in [6, 6.07) is 0. The van der Waals surface area contributed by atoms with Gasteiger partial charge in [0.2, 0.25) is 0 Å². The minimum Gasteiger partial charge on any atom is -0.480 e. The zero-order valence-electron chi connectivity index (χ0n) is 9.86. The molecule has 0 aliphatic carbocycles. The molecule has 0 aromatic carbocycles. The highest BCUT2D eigenvalue weighted by atomic mass is 16.6. The Morgan fingerprint density at radius 1 is 1.50 bits per heavy atom. The van der Waals surface area contributed by atoms with Crippen molar-refractivity contribution < 1.29 is 19.4 Å². The zero-order chi connectivity index (χ0) is 12.2. The van der Waals surface area contributed by atoms with Crippen molar-refractivity contribution in [1.29, 1.82) is 0 Å². The highest BCUT2D eigenvalue weighted by Crippen LogP contribution is 2.29. The summed E-state index contributed by atoms with van der Waals surface area (Å²) < 4.78 is 5.04. The standard InChI is InChI=1S/C11H19NO4/c1-3-4-8-16-10(15)12-7-5-6-11(12,2)9(13)14/h3-8H2,1-2H3,(H,13,14)/t11-/m0/s1. The van der Waals surface area contributed by atoms with E-state index in [0.29, 0.717) is 26.0 Å². The van der Waals surface area contributed by atoms with E-state index in [4.69, 9.17) is 9.84 Å². The Kier molecular flexibility index (Phi) is 4.15. The average molecular weight is 229 g/mol. The van der Waals surface area contributed by atoms with Crippen LogP contribution in [-0.4, -0.2) is 40.8 Å². The molecule has 0 bridgehead atoms. The second-order valence-corrected chi connectivity index (χ2v) is 4.30. The van der Waals surface area contributed by atoms with Crippen LogP contribution < -0.4 is 0 Å². The van der Waals surface area contributed by atoms with Crippen LogP contribution in [0.2, 0.25) is 0 Å². The molecule has 1 atom stereocenters. The van der Waals surface area contributed by atoms with Crippen LogP contribution in [-0.2, 0) is 9.53 Å². The van der Waals surface area contributed by atoms with Gasteiger partial charge in [-0.05, 0) is 26.2 Å². The summed E-state index contributed by atoms with van der Waals surface area (Å²) in [6.07, 6.45) is 2.46. The fourth-order valence-electron chi connectivity index (χ4n) is 1.86. The van der Waals surface area contributed by atoms with Crippen LogP contribution in [0.3, 0.4) is 0 Å². The molecule has 1 saturated heterocycles.